The van der Waals surface area contributed by atoms with E-state index in [1.54, 1.807) is 6.07 Å². The number of benzene rings is 1. The molecule has 98 valence electrons. The first kappa shape index (κ1) is 14.7. The second-order valence-electron chi connectivity index (χ2n) is 3.72. The number of carboxylic acids is 1. The normalized spacial score (nSPS) is 11.9. The van der Waals surface area contributed by atoms with Crippen molar-refractivity contribution in [3.63, 3.8) is 0 Å². The van der Waals surface area contributed by atoms with E-state index in [4.69, 9.17) is 9.84 Å². The number of hydrogen-bond donors (Lipinski definition) is 2. The molecule has 5 nitrogen and oxygen atoms in total. The van der Waals surface area contributed by atoms with Crippen molar-refractivity contribution in [2.45, 2.75) is 12.5 Å². The molecule has 0 radical (unpaired) electrons. The van der Waals surface area contributed by atoms with Gasteiger partial charge in [-0.1, -0.05) is 28.1 Å². The monoisotopic (exact) mass is 315 g/mol. The molecule has 1 unspecified atom stereocenters. The zero-order chi connectivity index (χ0) is 13.5. The van der Waals surface area contributed by atoms with Gasteiger partial charge in [0.1, 0.15) is 0 Å². The molecule has 0 heterocycles. The molecule has 0 saturated heterocycles. The summed E-state index contributed by atoms with van der Waals surface area (Å²) in [6.07, 6.45) is 0.132. The number of hydrogen-bond acceptors (Lipinski definition) is 3. The number of rotatable bonds is 6. The van der Waals surface area contributed by atoms with Crippen LogP contribution in [0.1, 0.15) is 5.56 Å². The fourth-order valence-electron chi connectivity index (χ4n) is 1.42. The third-order valence-electron chi connectivity index (χ3n) is 2.22. The molecule has 18 heavy (non-hydrogen) atoms. The Hall–Kier alpha value is -1.40. The van der Waals surface area contributed by atoms with Crippen molar-refractivity contribution in [2.24, 2.45) is 0 Å². The smallest absolute Gasteiger partial charge is 0.328 e. The molecule has 0 aromatic heterocycles. The van der Waals surface area contributed by atoms with Crippen LogP contribution in [0.3, 0.4) is 0 Å². The van der Waals surface area contributed by atoms with Gasteiger partial charge in [0.15, 0.2) is 6.04 Å². The lowest BCUT2D eigenvalue weighted by molar-refractivity contribution is -0.143. The van der Waals surface area contributed by atoms with E-state index < -0.39 is 12.0 Å². The van der Waals surface area contributed by atoms with E-state index in [0.717, 1.165) is 10.0 Å². The van der Waals surface area contributed by atoms with Crippen molar-refractivity contribution in [1.82, 2.24) is 5.32 Å². The number of carboxylic acid groups (broad SMARTS) is 1. The topological polar surface area (TPSA) is 75.6 Å². The molecule has 0 aliphatic rings. The molecular weight excluding hydrogens is 302 g/mol. The van der Waals surface area contributed by atoms with Crippen LogP contribution in [-0.2, 0) is 20.7 Å². The van der Waals surface area contributed by atoms with Crippen LogP contribution in [0, 0.1) is 0 Å². The van der Waals surface area contributed by atoms with Crippen molar-refractivity contribution in [3.05, 3.63) is 34.3 Å². The summed E-state index contributed by atoms with van der Waals surface area (Å²) in [5.41, 5.74) is 0.809. The highest BCUT2D eigenvalue weighted by Crippen LogP contribution is 2.11. The molecule has 1 rings (SSSR count). The van der Waals surface area contributed by atoms with E-state index in [9.17, 15) is 9.59 Å². The van der Waals surface area contributed by atoms with Gasteiger partial charge in [0.25, 0.3) is 0 Å². The average molecular weight is 316 g/mol. The van der Waals surface area contributed by atoms with Crippen molar-refractivity contribution in [1.29, 1.82) is 0 Å². The number of methoxy groups -OCH3 is 1. The number of amides is 1. The zero-order valence-corrected chi connectivity index (χ0v) is 11.4. The first-order valence-electron chi connectivity index (χ1n) is 5.28. The summed E-state index contributed by atoms with van der Waals surface area (Å²) in [6, 6.07) is 6.26. The highest BCUT2D eigenvalue weighted by molar-refractivity contribution is 9.10. The van der Waals surface area contributed by atoms with E-state index >= 15 is 0 Å². The number of nitrogens with one attached hydrogen (secondary N) is 1. The Morgan fingerprint density at radius 1 is 1.50 bits per heavy atom. The van der Waals surface area contributed by atoms with Gasteiger partial charge >= 0.3 is 5.97 Å². The van der Waals surface area contributed by atoms with Crippen molar-refractivity contribution in [3.8, 4) is 0 Å². The molecule has 2 N–H and O–H groups in total. The molecule has 1 aromatic carbocycles. The lowest BCUT2D eigenvalue weighted by Crippen LogP contribution is -2.44. The summed E-state index contributed by atoms with van der Waals surface area (Å²) in [4.78, 5) is 22.5. The Balaban J connectivity index is 2.57. The quantitative estimate of drug-likeness (QED) is 0.827. The molecule has 0 aliphatic heterocycles. The van der Waals surface area contributed by atoms with Crippen LogP contribution < -0.4 is 5.32 Å². The van der Waals surface area contributed by atoms with Crippen molar-refractivity contribution in [2.75, 3.05) is 13.7 Å². The van der Waals surface area contributed by atoms with Crippen LogP contribution in [0.5, 0.6) is 0 Å². The second-order valence-corrected chi connectivity index (χ2v) is 4.64. The van der Waals surface area contributed by atoms with Gasteiger partial charge < -0.3 is 15.2 Å². The van der Waals surface area contributed by atoms with Crippen LogP contribution >= 0.6 is 15.9 Å². The third-order valence-corrected chi connectivity index (χ3v) is 2.71. The number of carbonyl (C=O) groups is 2. The molecular formula is C12H14BrNO4. The maximum absolute atomic E-state index is 11.7. The first-order chi connectivity index (χ1) is 8.52. The maximum atomic E-state index is 11.7. The van der Waals surface area contributed by atoms with E-state index in [2.05, 4.69) is 21.2 Å². The van der Waals surface area contributed by atoms with Gasteiger partial charge in [-0.2, -0.15) is 0 Å². The Labute approximate surface area is 113 Å². The van der Waals surface area contributed by atoms with Crippen LogP contribution in [0.2, 0.25) is 0 Å². The average Bonchev–Trinajstić information content (AvgIpc) is 2.28. The molecule has 0 bridgehead atoms. The molecule has 0 fully saturated rings. The van der Waals surface area contributed by atoms with Gasteiger partial charge in [0.05, 0.1) is 13.0 Å². The lowest BCUT2D eigenvalue weighted by atomic mass is 10.1. The van der Waals surface area contributed by atoms with E-state index in [1.165, 1.54) is 7.11 Å². The Bertz CT molecular complexity index is 436. The predicted octanol–water partition coefficient (Wildman–Crippen LogP) is 1.21. The molecule has 1 atom stereocenters. The van der Waals surface area contributed by atoms with Crippen LogP contribution in [-0.4, -0.2) is 36.7 Å². The van der Waals surface area contributed by atoms with Gasteiger partial charge in [-0.25, -0.2) is 4.79 Å². The minimum absolute atomic E-state index is 0.0560. The second kappa shape index (κ2) is 7.13. The number of halogens is 1. The molecule has 6 heteroatoms. The van der Waals surface area contributed by atoms with Crippen LogP contribution in [0.15, 0.2) is 28.7 Å². The van der Waals surface area contributed by atoms with E-state index in [1.807, 2.05) is 18.2 Å². The Morgan fingerprint density at radius 3 is 2.78 bits per heavy atom. The van der Waals surface area contributed by atoms with Gasteiger partial charge in [-0.3, -0.25) is 4.79 Å². The Kier molecular flexibility index (Phi) is 5.80. The largest absolute Gasteiger partial charge is 0.480 e. The molecule has 1 amide bonds. The molecule has 0 saturated carbocycles. The minimum Gasteiger partial charge on any atom is -0.480 e. The fraction of sp³-hybridized carbons (Fsp3) is 0.333. The van der Waals surface area contributed by atoms with E-state index in [0.29, 0.717) is 0 Å². The lowest BCUT2D eigenvalue weighted by Gasteiger charge is -2.13. The van der Waals surface area contributed by atoms with E-state index in [-0.39, 0.29) is 18.9 Å². The van der Waals surface area contributed by atoms with Crippen LogP contribution in [0.25, 0.3) is 0 Å². The molecule has 1 aromatic rings. The molecule has 0 spiro atoms. The van der Waals surface area contributed by atoms with Crippen molar-refractivity contribution >= 4 is 27.8 Å². The SMILES string of the molecule is COCC(NC(=O)Cc1cccc(Br)c1)C(=O)O. The third kappa shape index (κ3) is 4.85. The minimum atomic E-state index is -1.11. The Morgan fingerprint density at radius 2 is 2.22 bits per heavy atom. The highest BCUT2D eigenvalue weighted by atomic mass is 79.9. The summed E-state index contributed by atoms with van der Waals surface area (Å²) >= 11 is 3.31. The first-order valence-corrected chi connectivity index (χ1v) is 6.07. The summed E-state index contributed by atoms with van der Waals surface area (Å²) < 4.78 is 5.61. The standard InChI is InChI=1S/C12H14BrNO4/c1-18-7-10(12(16)17)14-11(15)6-8-3-2-4-9(13)5-8/h2-5,10H,6-7H2,1H3,(H,14,15)(H,16,17). The number of carbonyl (C=O) groups excluding carboxylic acids is 1. The zero-order valence-electron chi connectivity index (χ0n) is 9.85. The summed E-state index contributed by atoms with van der Waals surface area (Å²) in [5.74, 6) is -1.46. The van der Waals surface area contributed by atoms with Crippen molar-refractivity contribution < 1.29 is 19.4 Å². The van der Waals surface area contributed by atoms with Gasteiger partial charge in [-0.15, -0.1) is 0 Å². The number of ether oxygens (including phenoxy) is 1. The molecule has 0 aliphatic carbocycles. The van der Waals surface area contributed by atoms with Gasteiger partial charge in [-0.05, 0) is 17.7 Å². The summed E-state index contributed by atoms with van der Waals surface area (Å²) in [7, 11) is 1.39. The maximum Gasteiger partial charge on any atom is 0.328 e. The van der Waals surface area contributed by atoms with Gasteiger partial charge in [0.2, 0.25) is 5.91 Å². The predicted molar refractivity (Wildman–Crippen MR) is 69.3 cm³/mol. The highest BCUT2D eigenvalue weighted by Gasteiger charge is 2.19. The summed E-state index contributed by atoms with van der Waals surface area (Å²) in [6.45, 7) is -0.0560. The fourth-order valence-corrected chi connectivity index (χ4v) is 1.87. The van der Waals surface area contributed by atoms with Crippen LogP contribution in [0.4, 0.5) is 0 Å². The van der Waals surface area contributed by atoms with Gasteiger partial charge in [0, 0.05) is 11.6 Å². The summed E-state index contributed by atoms with van der Waals surface area (Å²) in [5, 5.41) is 11.3. The number of aliphatic carboxylic acids is 1.